The Hall–Kier alpha value is -0.760. The minimum absolute atomic E-state index is 0.357. The van der Waals surface area contributed by atoms with Crippen LogP contribution in [0.1, 0.15) is 6.42 Å². The van der Waals surface area contributed by atoms with Gasteiger partial charge in [-0.2, -0.15) is 0 Å². The highest BCUT2D eigenvalue weighted by Crippen LogP contribution is 2.31. The molecule has 0 bridgehead atoms. The van der Waals surface area contributed by atoms with Gasteiger partial charge in [-0.3, -0.25) is 4.79 Å². The van der Waals surface area contributed by atoms with E-state index in [1.807, 2.05) is 18.2 Å². The minimum atomic E-state index is 0.357. The molecule has 2 heteroatoms. The molecule has 1 saturated carbocycles. The average molecular weight is 178 g/mol. The molecule has 62 valence electrons. The monoisotopic (exact) mass is 178 g/mol. The van der Waals surface area contributed by atoms with Crippen LogP contribution in [0, 0.1) is 5.92 Å². The summed E-state index contributed by atoms with van der Waals surface area (Å²) in [5.74, 6) is 1.75. The van der Waals surface area contributed by atoms with Gasteiger partial charge in [0.25, 0.3) is 0 Å². The largest absolute Gasteiger partial charge is 0.299 e. The summed E-state index contributed by atoms with van der Waals surface area (Å²) in [7, 11) is 0. The molecule has 0 radical (unpaired) electrons. The Kier molecular flexibility index (Phi) is 2.17. The molecule has 1 aliphatic carbocycles. The Morgan fingerprint density at radius 2 is 2.00 bits per heavy atom. The minimum Gasteiger partial charge on any atom is -0.299 e. The maximum absolute atomic E-state index is 10.7. The molecule has 0 heterocycles. The van der Waals surface area contributed by atoms with Gasteiger partial charge in [-0.25, -0.2) is 0 Å². The predicted molar refractivity (Wildman–Crippen MR) is 50.3 cm³/mol. The number of hydrogen-bond acceptors (Lipinski definition) is 2. The van der Waals surface area contributed by atoms with Gasteiger partial charge in [0, 0.05) is 23.0 Å². The van der Waals surface area contributed by atoms with Crippen LogP contribution in [0.3, 0.4) is 0 Å². The quantitative estimate of drug-likeness (QED) is 0.661. The molecule has 1 aromatic rings. The standard InChI is InChI=1S/C10H10OS/c11-10-6-8(10)7-12-9-4-2-1-3-5-9/h1-5,8H,6-7H2. The maximum Gasteiger partial charge on any atom is 0.138 e. The predicted octanol–water partition coefficient (Wildman–Crippen LogP) is 2.37. The number of ketones is 1. The van der Waals surface area contributed by atoms with Gasteiger partial charge in [-0.15, -0.1) is 11.8 Å². The van der Waals surface area contributed by atoms with Crippen molar-refractivity contribution in [3.8, 4) is 0 Å². The van der Waals surface area contributed by atoms with E-state index in [-0.39, 0.29) is 0 Å². The maximum atomic E-state index is 10.7. The summed E-state index contributed by atoms with van der Waals surface area (Å²) < 4.78 is 0. The third kappa shape index (κ3) is 1.89. The second-order valence-corrected chi connectivity index (χ2v) is 4.08. The van der Waals surface area contributed by atoms with Gasteiger partial charge >= 0.3 is 0 Å². The highest BCUT2D eigenvalue weighted by atomic mass is 32.2. The van der Waals surface area contributed by atoms with Gasteiger partial charge in [-0.1, -0.05) is 18.2 Å². The number of thioether (sulfide) groups is 1. The highest BCUT2D eigenvalue weighted by Gasteiger charge is 2.33. The molecule has 0 aliphatic heterocycles. The van der Waals surface area contributed by atoms with E-state index in [9.17, 15) is 4.79 Å². The summed E-state index contributed by atoms with van der Waals surface area (Å²) >= 11 is 1.77. The van der Waals surface area contributed by atoms with E-state index in [1.54, 1.807) is 11.8 Å². The number of rotatable bonds is 3. The molecule has 0 saturated heterocycles. The van der Waals surface area contributed by atoms with Gasteiger partial charge in [0.1, 0.15) is 5.78 Å². The Morgan fingerprint density at radius 3 is 2.58 bits per heavy atom. The summed E-state index contributed by atoms with van der Waals surface area (Å²) in [5, 5.41) is 0. The van der Waals surface area contributed by atoms with Crippen LogP contribution in [0.2, 0.25) is 0 Å². The fourth-order valence-electron chi connectivity index (χ4n) is 1.05. The van der Waals surface area contributed by atoms with Gasteiger partial charge in [-0.05, 0) is 12.1 Å². The molecule has 1 unspecified atom stereocenters. The normalized spacial score (nSPS) is 21.0. The second-order valence-electron chi connectivity index (χ2n) is 2.99. The second kappa shape index (κ2) is 3.31. The molecule has 0 amide bonds. The van der Waals surface area contributed by atoms with E-state index < -0.39 is 0 Å². The highest BCUT2D eigenvalue weighted by molar-refractivity contribution is 7.99. The van der Waals surface area contributed by atoms with Crippen LogP contribution in [0.5, 0.6) is 0 Å². The van der Waals surface area contributed by atoms with Crippen LogP contribution in [0.25, 0.3) is 0 Å². The molecule has 1 atom stereocenters. The zero-order chi connectivity index (χ0) is 8.39. The van der Waals surface area contributed by atoms with Crippen molar-refractivity contribution >= 4 is 17.5 Å². The van der Waals surface area contributed by atoms with Crippen molar-refractivity contribution in [2.45, 2.75) is 11.3 Å². The first kappa shape index (κ1) is 7.87. The molecule has 1 aromatic carbocycles. The summed E-state index contributed by atoms with van der Waals surface area (Å²) in [6, 6.07) is 10.2. The number of Topliss-reactive ketones (excluding diaryl/α,β-unsaturated/α-hetero) is 1. The van der Waals surface area contributed by atoms with E-state index in [2.05, 4.69) is 12.1 Å². The molecular formula is C10H10OS. The Labute approximate surface area is 76.2 Å². The van der Waals surface area contributed by atoms with Gasteiger partial charge in [0.2, 0.25) is 0 Å². The van der Waals surface area contributed by atoms with Crippen molar-refractivity contribution in [1.82, 2.24) is 0 Å². The van der Waals surface area contributed by atoms with Crippen LogP contribution in [-0.2, 0) is 4.79 Å². The van der Waals surface area contributed by atoms with E-state index in [4.69, 9.17) is 0 Å². The average Bonchev–Trinajstić information content (AvgIpc) is 2.81. The number of benzene rings is 1. The van der Waals surface area contributed by atoms with Crippen LogP contribution < -0.4 is 0 Å². The van der Waals surface area contributed by atoms with Gasteiger partial charge < -0.3 is 0 Å². The van der Waals surface area contributed by atoms with Gasteiger partial charge in [0.05, 0.1) is 0 Å². The smallest absolute Gasteiger partial charge is 0.138 e. The first-order chi connectivity index (χ1) is 5.86. The van der Waals surface area contributed by atoms with Crippen LogP contribution in [0.4, 0.5) is 0 Å². The Morgan fingerprint density at radius 1 is 1.33 bits per heavy atom. The van der Waals surface area contributed by atoms with Crippen molar-refractivity contribution in [3.63, 3.8) is 0 Å². The Bertz CT molecular complexity index is 281. The van der Waals surface area contributed by atoms with E-state index >= 15 is 0 Å². The number of carbonyl (C=O) groups excluding carboxylic acids is 1. The SMILES string of the molecule is O=C1CC1CSc1ccccc1. The van der Waals surface area contributed by atoms with Gasteiger partial charge in [0.15, 0.2) is 0 Å². The molecule has 2 rings (SSSR count). The lowest BCUT2D eigenvalue weighted by atomic mass is 10.4. The van der Waals surface area contributed by atoms with Crippen LogP contribution in [0.15, 0.2) is 35.2 Å². The lowest BCUT2D eigenvalue weighted by molar-refractivity contribution is -0.110. The van der Waals surface area contributed by atoms with Crippen LogP contribution >= 0.6 is 11.8 Å². The van der Waals surface area contributed by atoms with E-state index in [0.29, 0.717) is 11.7 Å². The molecular weight excluding hydrogens is 168 g/mol. The summed E-state index contributed by atoms with van der Waals surface area (Å²) in [6.45, 7) is 0. The fraction of sp³-hybridized carbons (Fsp3) is 0.300. The topological polar surface area (TPSA) is 17.1 Å². The van der Waals surface area contributed by atoms with Crippen molar-refractivity contribution < 1.29 is 4.79 Å². The lowest BCUT2D eigenvalue weighted by Gasteiger charge is -1.96. The summed E-state index contributed by atoms with van der Waals surface area (Å²) in [5.41, 5.74) is 0. The van der Waals surface area contributed by atoms with E-state index in [1.165, 1.54) is 4.90 Å². The van der Waals surface area contributed by atoms with Crippen molar-refractivity contribution in [2.24, 2.45) is 5.92 Å². The molecule has 1 aliphatic rings. The third-order valence-corrected chi connectivity index (χ3v) is 3.11. The lowest BCUT2D eigenvalue weighted by Crippen LogP contribution is -1.83. The van der Waals surface area contributed by atoms with E-state index in [0.717, 1.165) is 12.2 Å². The first-order valence-corrected chi connectivity index (χ1v) is 5.05. The molecule has 0 N–H and O–H groups in total. The fourth-order valence-corrected chi connectivity index (χ4v) is 2.10. The zero-order valence-corrected chi connectivity index (χ0v) is 7.51. The molecule has 1 fully saturated rings. The number of hydrogen-bond donors (Lipinski definition) is 0. The van der Waals surface area contributed by atoms with Crippen molar-refractivity contribution in [1.29, 1.82) is 0 Å². The number of carbonyl (C=O) groups is 1. The summed E-state index contributed by atoms with van der Waals surface area (Å²) in [6.07, 6.45) is 0.805. The van der Waals surface area contributed by atoms with Crippen LogP contribution in [-0.4, -0.2) is 11.5 Å². The molecule has 12 heavy (non-hydrogen) atoms. The molecule has 0 spiro atoms. The van der Waals surface area contributed by atoms with Crippen molar-refractivity contribution in [2.75, 3.05) is 5.75 Å². The third-order valence-electron chi connectivity index (χ3n) is 1.94. The zero-order valence-electron chi connectivity index (χ0n) is 6.69. The Balaban J connectivity index is 1.84. The molecule has 1 nitrogen and oxygen atoms in total. The summed E-state index contributed by atoms with van der Waals surface area (Å²) in [4.78, 5) is 12.0. The first-order valence-electron chi connectivity index (χ1n) is 4.07. The van der Waals surface area contributed by atoms with Crippen molar-refractivity contribution in [3.05, 3.63) is 30.3 Å². The molecule has 0 aromatic heterocycles.